The van der Waals surface area contributed by atoms with Crippen molar-refractivity contribution in [3.63, 3.8) is 0 Å². The van der Waals surface area contributed by atoms with Gasteiger partial charge in [-0.25, -0.2) is 13.1 Å². The number of hydrogen-bond acceptors (Lipinski definition) is 4. The van der Waals surface area contributed by atoms with Crippen LogP contribution in [0.3, 0.4) is 0 Å². The number of benzene rings is 1. The topological polar surface area (TPSA) is 85.2 Å². The molecular formula is C14H12Br2N2O4S. The first-order valence-electron chi connectivity index (χ1n) is 6.31. The lowest BCUT2D eigenvalue weighted by molar-refractivity contribution is 0.0973. The smallest absolute Gasteiger partial charge is 0.281 e. The summed E-state index contributed by atoms with van der Waals surface area (Å²) in [6.07, 6.45) is 1.47. The van der Waals surface area contributed by atoms with Crippen molar-refractivity contribution in [3.05, 3.63) is 50.7 Å². The molecule has 1 N–H and O–H groups in total. The molecule has 0 fully saturated rings. The third-order valence-corrected chi connectivity index (χ3v) is 5.87. The molecule has 23 heavy (non-hydrogen) atoms. The first-order chi connectivity index (χ1) is 10.6. The van der Waals surface area contributed by atoms with E-state index in [1.807, 2.05) is 4.72 Å². The summed E-state index contributed by atoms with van der Waals surface area (Å²) in [4.78, 5) is 23.5. The van der Waals surface area contributed by atoms with Gasteiger partial charge in [0.15, 0.2) is 5.78 Å². The second-order valence-corrected chi connectivity index (χ2v) is 8.21. The van der Waals surface area contributed by atoms with Gasteiger partial charge >= 0.3 is 0 Å². The van der Waals surface area contributed by atoms with Gasteiger partial charge in [0.05, 0.1) is 0 Å². The van der Waals surface area contributed by atoms with Gasteiger partial charge < -0.3 is 4.57 Å². The number of carbonyl (C=O) groups excluding carboxylic acids is 2. The molecule has 0 spiro atoms. The van der Waals surface area contributed by atoms with E-state index in [0.717, 1.165) is 0 Å². The second kappa shape index (κ2) is 6.58. The van der Waals surface area contributed by atoms with Gasteiger partial charge in [0.1, 0.15) is 10.6 Å². The number of amides is 1. The molecule has 0 saturated heterocycles. The largest absolute Gasteiger partial charge is 0.346 e. The summed E-state index contributed by atoms with van der Waals surface area (Å²) < 4.78 is 29.1. The van der Waals surface area contributed by atoms with Gasteiger partial charge in [-0.05, 0) is 47.1 Å². The normalized spacial score (nSPS) is 11.3. The number of aryl methyl sites for hydroxylation is 1. The van der Waals surface area contributed by atoms with Crippen LogP contribution in [0.2, 0.25) is 0 Å². The number of sulfonamides is 1. The zero-order valence-corrected chi connectivity index (χ0v) is 16.1. The lowest BCUT2D eigenvalue weighted by Crippen LogP contribution is -2.32. The van der Waals surface area contributed by atoms with Crippen LogP contribution in [0.5, 0.6) is 0 Å². The lowest BCUT2D eigenvalue weighted by Gasteiger charge is -2.09. The van der Waals surface area contributed by atoms with Crippen LogP contribution in [0.25, 0.3) is 0 Å². The van der Waals surface area contributed by atoms with E-state index in [4.69, 9.17) is 0 Å². The van der Waals surface area contributed by atoms with Crippen molar-refractivity contribution in [2.75, 3.05) is 0 Å². The molecule has 1 amide bonds. The molecule has 1 aromatic carbocycles. The minimum absolute atomic E-state index is 0.0683. The summed E-state index contributed by atoms with van der Waals surface area (Å²) in [5, 5.41) is 0. The number of Topliss-reactive ketones (excluding diaryl/α,β-unsaturated/α-hetero) is 1. The van der Waals surface area contributed by atoms with E-state index in [9.17, 15) is 18.0 Å². The van der Waals surface area contributed by atoms with E-state index < -0.39 is 15.9 Å². The SMILES string of the molecule is CC(=O)c1cc(C(=O)NS(=O)(=O)c2cc(Br)ccc2Br)n(C)c1. The molecule has 1 heterocycles. The molecule has 0 aliphatic carbocycles. The predicted molar refractivity (Wildman–Crippen MR) is 91.9 cm³/mol. The van der Waals surface area contributed by atoms with Gasteiger partial charge in [-0.15, -0.1) is 0 Å². The maximum absolute atomic E-state index is 12.4. The van der Waals surface area contributed by atoms with Crippen molar-refractivity contribution >= 4 is 53.6 Å². The average molecular weight is 464 g/mol. The van der Waals surface area contributed by atoms with E-state index in [0.29, 0.717) is 14.5 Å². The Kier molecular flexibility index (Phi) is 5.12. The van der Waals surface area contributed by atoms with Crippen LogP contribution in [0.1, 0.15) is 27.8 Å². The maximum Gasteiger partial charge on any atom is 0.281 e. The fourth-order valence-electron chi connectivity index (χ4n) is 1.90. The number of carbonyl (C=O) groups is 2. The maximum atomic E-state index is 12.4. The van der Waals surface area contributed by atoms with Crippen LogP contribution in [-0.4, -0.2) is 24.7 Å². The standard InChI is InChI=1S/C14H12Br2N2O4S/c1-8(19)9-5-12(18(2)7-9)14(20)17-23(21,22)13-6-10(15)3-4-11(13)16/h3-7H,1-2H3,(H,17,20). The molecule has 122 valence electrons. The summed E-state index contributed by atoms with van der Waals surface area (Å²) in [5.41, 5.74) is 0.406. The Morgan fingerprint density at radius 2 is 1.83 bits per heavy atom. The number of ketones is 1. The monoisotopic (exact) mass is 462 g/mol. The number of halogens is 2. The van der Waals surface area contributed by atoms with Gasteiger partial charge in [0.2, 0.25) is 0 Å². The van der Waals surface area contributed by atoms with Gasteiger partial charge in [-0.3, -0.25) is 9.59 Å². The molecule has 0 radical (unpaired) electrons. The van der Waals surface area contributed by atoms with Crippen molar-refractivity contribution < 1.29 is 18.0 Å². The molecule has 0 aliphatic heterocycles. The van der Waals surface area contributed by atoms with Crippen LogP contribution in [0.4, 0.5) is 0 Å². The molecule has 0 saturated carbocycles. The van der Waals surface area contributed by atoms with Crippen LogP contribution >= 0.6 is 31.9 Å². The molecule has 0 bridgehead atoms. The molecule has 0 aliphatic rings. The van der Waals surface area contributed by atoms with Crippen molar-refractivity contribution in [1.29, 1.82) is 0 Å². The third-order valence-electron chi connectivity index (χ3n) is 3.05. The van der Waals surface area contributed by atoms with Gasteiger partial charge in [0, 0.05) is 27.8 Å². The number of aromatic nitrogens is 1. The average Bonchev–Trinajstić information content (AvgIpc) is 2.83. The van der Waals surface area contributed by atoms with E-state index in [-0.39, 0.29) is 16.4 Å². The van der Waals surface area contributed by atoms with Crippen molar-refractivity contribution in [2.24, 2.45) is 7.05 Å². The Balaban J connectivity index is 2.36. The highest BCUT2D eigenvalue weighted by molar-refractivity contribution is 9.11. The van der Waals surface area contributed by atoms with E-state index in [1.165, 1.54) is 29.8 Å². The molecule has 6 nitrogen and oxygen atoms in total. The Hall–Kier alpha value is -1.45. The summed E-state index contributed by atoms with van der Waals surface area (Å²) in [6, 6.07) is 5.95. The summed E-state index contributed by atoms with van der Waals surface area (Å²) >= 11 is 6.34. The highest BCUT2D eigenvalue weighted by Crippen LogP contribution is 2.25. The van der Waals surface area contributed by atoms with Gasteiger partial charge in [-0.2, -0.15) is 0 Å². The quantitative estimate of drug-likeness (QED) is 0.706. The Morgan fingerprint density at radius 3 is 2.39 bits per heavy atom. The minimum atomic E-state index is -4.06. The Labute approximate surface area is 150 Å². The van der Waals surface area contributed by atoms with E-state index >= 15 is 0 Å². The van der Waals surface area contributed by atoms with E-state index in [1.54, 1.807) is 19.2 Å². The minimum Gasteiger partial charge on any atom is -0.346 e. The van der Waals surface area contributed by atoms with Crippen LogP contribution in [0.15, 0.2) is 44.3 Å². The molecule has 2 aromatic rings. The first-order valence-corrected chi connectivity index (χ1v) is 9.38. The third kappa shape index (κ3) is 3.91. The summed E-state index contributed by atoms with van der Waals surface area (Å²) in [6.45, 7) is 1.37. The molecule has 9 heteroatoms. The zero-order chi connectivity index (χ0) is 17.4. The predicted octanol–water partition coefficient (Wildman–Crippen LogP) is 2.87. The molecule has 0 atom stereocenters. The van der Waals surface area contributed by atoms with Gasteiger partial charge in [0.25, 0.3) is 15.9 Å². The lowest BCUT2D eigenvalue weighted by atomic mass is 10.2. The van der Waals surface area contributed by atoms with Crippen LogP contribution < -0.4 is 4.72 Å². The second-order valence-electron chi connectivity index (χ2n) is 4.79. The zero-order valence-electron chi connectivity index (χ0n) is 12.1. The summed E-state index contributed by atoms with van der Waals surface area (Å²) in [5.74, 6) is -1.02. The number of hydrogen-bond donors (Lipinski definition) is 1. The number of rotatable bonds is 4. The highest BCUT2D eigenvalue weighted by Gasteiger charge is 2.23. The van der Waals surface area contributed by atoms with Gasteiger partial charge in [-0.1, -0.05) is 15.9 Å². The first kappa shape index (κ1) is 17.9. The molecule has 1 aromatic heterocycles. The molecular weight excluding hydrogens is 452 g/mol. The Morgan fingerprint density at radius 1 is 1.17 bits per heavy atom. The van der Waals surface area contributed by atoms with Crippen molar-refractivity contribution in [1.82, 2.24) is 9.29 Å². The molecule has 2 rings (SSSR count). The summed E-state index contributed by atoms with van der Waals surface area (Å²) in [7, 11) is -2.50. The van der Waals surface area contributed by atoms with Crippen LogP contribution in [0, 0.1) is 0 Å². The highest BCUT2D eigenvalue weighted by atomic mass is 79.9. The Bertz CT molecular complexity index is 903. The van der Waals surface area contributed by atoms with Crippen molar-refractivity contribution in [2.45, 2.75) is 11.8 Å². The number of nitrogens with zero attached hydrogens (tertiary/aromatic N) is 1. The number of nitrogens with one attached hydrogen (secondary N) is 1. The fraction of sp³-hybridized carbons (Fsp3) is 0.143. The van der Waals surface area contributed by atoms with E-state index in [2.05, 4.69) is 31.9 Å². The van der Waals surface area contributed by atoms with Crippen molar-refractivity contribution in [3.8, 4) is 0 Å². The molecule has 0 unspecified atom stereocenters. The van der Waals surface area contributed by atoms with Crippen LogP contribution in [-0.2, 0) is 17.1 Å². The fourth-order valence-corrected chi connectivity index (χ4v) is 4.36.